The number of amides is 1. The molecule has 0 aliphatic heterocycles. The number of nitrogens with zero attached hydrogens (tertiary/aromatic N) is 1. The Labute approximate surface area is 191 Å². The Kier molecular flexibility index (Phi) is 6.57. The number of aromatic amines is 1. The van der Waals surface area contributed by atoms with Gasteiger partial charge in [0.15, 0.2) is 0 Å². The van der Waals surface area contributed by atoms with Gasteiger partial charge in [-0.05, 0) is 48.9 Å². The van der Waals surface area contributed by atoms with Gasteiger partial charge in [-0.3, -0.25) is 9.59 Å². The smallest absolute Gasteiger partial charge is 0.255 e. The van der Waals surface area contributed by atoms with Crippen molar-refractivity contribution in [1.82, 2.24) is 9.88 Å². The zero-order chi connectivity index (χ0) is 22.5. The third-order valence-electron chi connectivity index (χ3n) is 5.17. The zero-order valence-corrected chi connectivity index (χ0v) is 18.4. The number of pyridine rings is 1. The molecule has 0 fully saturated rings. The third kappa shape index (κ3) is 4.84. The van der Waals surface area contributed by atoms with E-state index in [2.05, 4.69) is 4.98 Å². The molecule has 3 aromatic carbocycles. The number of hydrogen-bond donors (Lipinski definition) is 1. The fourth-order valence-corrected chi connectivity index (χ4v) is 3.83. The molecule has 0 unspecified atom stereocenters. The zero-order valence-electron chi connectivity index (χ0n) is 17.7. The average molecular weight is 447 g/mol. The minimum Gasteiger partial charge on any atom is -0.494 e. The van der Waals surface area contributed by atoms with Gasteiger partial charge in [0.05, 0.1) is 23.7 Å². The molecule has 1 heterocycles. The highest BCUT2D eigenvalue weighted by molar-refractivity contribution is 6.33. The van der Waals surface area contributed by atoms with E-state index >= 15 is 0 Å². The van der Waals surface area contributed by atoms with Gasteiger partial charge in [-0.1, -0.05) is 54.1 Å². The summed E-state index contributed by atoms with van der Waals surface area (Å²) in [4.78, 5) is 30.8. The lowest BCUT2D eigenvalue weighted by molar-refractivity contribution is 0.0729. The van der Waals surface area contributed by atoms with E-state index in [-0.39, 0.29) is 18.0 Å². The van der Waals surface area contributed by atoms with E-state index in [9.17, 15) is 9.59 Å². The van der Waals surface area contributed by atoms with E-state index in [0.29, 0.717) is 34.8 Å². The van der Waals surface area contributed by atoms with Crippen LogP contribution in [0, 0.1) is 0 Å². The van der Waals surface area contributed by atoms with E-state index in [1.807, 2.05) is 61.5 Å². The second-order valence-electron chi connectivity index (χ2n) is 7.43. The number of aromatic nitrogens is 1. The Balaban J connectivity index is 1.72. The molecule has 0 spiro atoms. The van der Waals surface area contributed by atoms with Gasteiger partial charge < -0.3 is 14.6 Å². The molecule has 0 saturated heterocycles. The van der Waals surface area contributed by atoms with Crippen LogP contribution in [0.25, 0.3) is 10.9 Å². The van der Waals surface area contributed by atoms with Gasteiger partial charge in [-0.25, -0.2) is 0 Å². The number of halogens is 1. The van der Waals surface area contributed by atoms with Crippen LogP contribution in [0.4, 0.5) is 0 Å². The first-order chi connectivity index (χ1) is 15.5. The lowest BCUT2D eigenvalue weighted by Crippen LogP contribution is -2.32. The van der Waals surface area contributed by atoms with Crippen LogP contribution in [0.1, 0.15) is 28.4 Å². The highest BCUT2D eigenvalue weighted by atomic mass is 35.5. The first kappa shape index (κ1) is 21.7. The van der Waals surface area contributed by atoms with Gasteiger partial charge in [0, 0.05) is 23.0 Å². The van der Waals surface area contributed by atoms with Gasteiger partial charge in [0.1, 0.15) is 5.75 Å². The van der Waals surface area contributed by atoms with Gasteiger partial charge in [0.25, 0.3) is 11.5 Å². The highest BCUT2D eigenvalue weighted by Crippen LogP contribution is 2.22. The van der Waals surface area contributed by atoms with Crippen molar-refractivity contribution in [2.45, 2.75) is 20.0 Å². The summed E-state index contributed by atoms with van der Waals surface area (Å²) >= 11 is 6.30. The van der Waals surface area contributed by atoms with Gasteiger partial charge in [-0.15, -0.1) is 0 Å². The molecule has 6 heteroatoms. The maximum absolute atomic E-state index is 13.4. The molecular weight excluding hydrogens is 424 g/mol. The van der Waals surface area contributed by atoms with Crippen LogP contribution >= 0.6 is 11.6 Å². The number of nitrogens with one attached hydrogen (secondary N) is 1. The molecule has 0 radical (unpaired) electrons. The molecule has 4 aromatic rings. The van der Waals surface area contributed by atoms with Crippen LogP contribution in [0.2, 0.25) is 5.02 Å². The molecule has 1 amide bonds. The topological polar surface area (TPSA) is 62.4 Å². The molecule has 162 valence electrons. The maximum atomic E-state index is 13.4. The number of carbonyl (C=O) groups is 1. The SMILES string of the molecule is CCOc1ccc2[nH]c(=O)c(CN(Cc3ccccc3)C(=O)c3ccccc3Cl)cc2c1. The molecule has 0 aliphatic rings. The maximum Gasteiger partial charge on any atom is 0.255 e. The van der Waals surface area contributed by atoms with E-state index in [0.717, 1.165) is 16.7 Å². The second kappa shape index (κ2) is 9.71. The molecule has 0 aliphatic carbocycles. The van der Waals surface area contributed by atoms with E-state index < -0.39 is 0 Å². The summed E-state index contributed by atoms with van der Waals surface area (Å²) in [6, 6.07) is 24.0. The molecule has 1 aromatic heterocycles. The number of rotatable bonds is 7. The minimum atomic E-state index is -0.234. The van der Waals surface area contributed by atoms with Crippen molar-refractivity contribution in [3.8, 4) is 5.75 Å². The van der Waals surface area contributed by atoms with Crippen molar-refractivity contribution >= 4 is 28.4 Å². The summed E-state index contributed by atoms with van der Waals surface area (Å²) in [5.41, 5.74) is 2.34. The molecule has 0 bridgehead atoms. The van der Waals surface area contributed by atoms with Crippen molar-refractivity contribution in [2.24, 2.45) is 0 Å². The summed E-state index contributed by atoms with van der Waals surface area (Å²) in [7, 11) is 0. The molecule has 1 N–H and O–H groups in total. The van der Waals surface area contributed by atoms with E-state index in [1.165, 1.54) is 0 Å². The Morgan fingerprint density at radius 3 is 2.47 bits per heavy atom. The van der Waals surface area contributed by atoms with Crippen molar-refractivity contribution in [3.05, 3.63) is 111 Å². The standard InChI is InChI=1S/C26H23ClN2O3/c1-2-32-21-12-13-24-19(15-21)14-20(25(30)28-24)17-29(16-18-8-4-3-5-9-18)26(31)22-10-6-7-11-23(22)27/h3-15H,2,16-17H2,1H3,(H,28,30). The normalized spacial score (nSPS) is 10.8. The largest absolute Gasteiger partial charge is 0.494 e. The number of hydrogen-bond acceptors (Lipinski definition) is 3. The molecule has 4 rings (SSSR count). The van der Waals surface area contributed by atoms with Crippen LogP contribution < -0.4 is 10.3 Å². The van der Waals surface area contributed by atoms with Crippen molar-refractivity contribution in [1.29, 1.82) is 0 Å². The number of carbonyl (C=O) groups excluding carboxylic acids is 1. The minimum absolute atomic E-state index is 0.142. The van der Waals surface area contributed by atoms with Crippen molar-refractivity contribution < 1.29 is 9.53 Å². The fourth-order valence-electron chi connectivity index (χ4n) is 3.62. The Morgan fingerprint density at radius 1 is 0.969 bits per heavy atom. The summed E-state index contributed by atoms with van der Waals surface area (Å²) in [6.07, 6.45) is 0. The van der Waals surface area contributed by atoms with Crippen LogP contribution in [-0.2, 0) is 13.1 Å². The molecular formula is C26H23ClN2O3. The van der Waals surface area contributed by atoms with Crippen molar-refractivity contribution in [2.75, 3.05) is 6.61 Å². The van der Waals surface area contributed by atoms with Gasteiger partial charge in [0.2, 0.25) is 0 Å². The van der Waals surface area contributed by atoms with Gasteiger partial charge in [-0.2, -0.15) is 0 Å². The summed E-state index contributed by atoms with van der Waals surface area (Å²) in [5.74, 6) is 0.494. The molecule has 5 nitrogen and oxygen atoms in total. The lowest BCUT2D eigenvalue weighted by Gasteiger charge is -2.23. The molecule has 0 saturated carbocycles. The molecule has 0 atom stereocenters. The van der Waals surface area contributed by atoms with Crippen molar-refractivity contribution in [3.63, 3.8) is 0 Å². The third-order valence-corrected chi connectivity index (χ3v) is 5.50. The predicted octanol–water partition coefficient (Wildman–Crippen LogP) is 5.42. The fraction of sp³-hybridized carbons (Fsp3) is 0.154. The summed E-state index contributed by atoms with van der Waals surface area (Å²) < 4.78 is 5.58. The average Bonchev–Trinajstić information content (AvgIpc) is 2.80. The number of fused-ring (bicyclic) bond motifs is 1. The van der Waals surface area contributed by atoms with Crippen LogP contribution in [0.3, 0.4) is 0 Å². The monoisotopic (exact) mass is 446 g/mol. The number of ether oxygens (including phenoxy) is 1. The van der Waals surface area contributed by atoms with Gasteiger partial charge >= 0.3 is 0 Å². The van der Waals surface area contributed by atoms with Crippen LogP contribution in [-0.4, -0.2) is 22.4 Å². The highest BCUT2D eigenvalue weighted by Gasteiger charge is 2.20. The Morgan fingerprint density at radius 2 is 1.72 bits per heavy atom. The number of H-pyrrole nitrogens is 1. The Bertz CT molecular complexity index is 1300. The Hall–Kier alpha value is -3.57. The van der Waals surface area contributed by atoms with E-state index in [4.69, 9.17) is 16.3 Å². The predicted molar refractivity (Wildman–Crippen MR) is 127 cm³/mol. The van der Waals surface area contributed by atoms with Crippen LogP contribution in [0.5, 0.6) is 5.75 Å². The summed E-state index contributed by atoms with van der Waals surface area (Å²) in [5, 5.41) is 1.22. The first-order valence-electron chi connectivity index (χ1n) is 10.4. The lowest BCUT2D eigenvalue weighted by atomic mass is 10.1. The second-order valence-corrected chi connectivity index (χ2v) is 7.84. The van der Waals surface area contributed by atoms with E-state index in [1.54, 1.807) is 29.2 Å². The number of benzene rings is 3. The summed E-state index contributed by atoms with van der Waals surface area (Å²) in [6.45, 7) is 2.97. The molecule has 32 heavy (non-hydrogen) atoms. The van der Waals surface area contributed by atoms with Crippen LogP contribution in [0.15, 0.2) is 83.7 Å². The first-order valence-corrected chi connectivity index (χ1v) is 10.8. The quantitative estimate of drug-likeness (QED) is 0.412.